The molecule has 0 unspecified atom stereocenters. The van der Waals surface area contributed by atoms with Crippen LogP contribution in [-0.4, -0.2) is 15.8 Å². The number of hydrogen-bond donors (Lipinski definition) is 2. The topological polar surface area (TPSA) is 59.0 Å². The molecule has 26 heavy (non-hydrogen) atoms. The molecule has 0 saturated heterocycles. The SMILES string of the molecule is Cc1nn(Cc2ccccc2)c(C)c1NC(=O)Nc1ccc(F)cc1F. The Balaban J connectivity index is 1.74. The molecular weight excluding hydrogens is 338 g/mol. The van der Waals surface area contributed by atoms with Crippen LogP contribution in [0.1, 0.15) is 17.0 Å². The van der Waals surface area contributed by atoms with Gasteiger partial charge in [0.25, 0.3) is 0 Å². The van der Waals surface area contributed by atoms with E-state index in [4.69, 9.17) is 0 Å². The van der Waals surface area contributed by atoms with Crippen LogP contribution in [0, 0.1) is 25.5 Å². The predicted octanol–water partition coefficient (Wildman–Crippen LogP) is 4.47. The number of halogens is 2. The van der Waals surface area contributed by atoms with Crippen LogP contribution in [0.2, 0.25) is 0 Å². The second kappa shape index (κ2) is 7.35. The molecule has 0 saturated carbocycles. The minimum Gasteiger partial charge on any atom is -0.305 e. The van der Waals surface area contributed by atoms with Gasteiger partial charge in [0.05, 0.1) is 29.3 Å². The maximum Gasteiger partial charge on any atom is 0.323 e. The largest absolute Gasteiger partial charge is 0.323 e. The maximum atomic E-state index is 13.7. The first-order chi connectivity index (χ1) is 12.4. The number of aromatic nitrogens is 2. The smallest absolute Gasteiger partial charge is 0.305 e. The Labute approximate surface area is 149 Å². The van der Waals surface area contributed by atoms with Crippen LogP contribution in [0.3, 0.4) is 0 Å². The van der Waals surface area contributed by atoms with Crippen LogP contribution < -0.4 is 10.6 Å². The van der Waals surface area contributed by atoms with Gasteiger partial charge in [0.15, 0.2) is 0 Å². The molecule has 0 spiro atoms. The van der Waals surface area contributed by atoms with Crippen LogP contribution in [0.5, 0.6) is 0 Å². The van der Waals surface area contributed by atoms with Crippen molar-refractivity contribution >= 4 is 17.4 Å². The van der Waals surface area contributed by atoms with Crippen molar-refractivity contribution in [2.45, 2.75) is 20.4 Å². The number of aryl methyl sites for hydroxylation is 1. The van der Waals surface area contributed by atoms with E-state index in [0.29, 0.717) is 24.0 Å². The van der Waals surface area contributed by atoms with E-state index in [-0.39, 0.29) is 5.69 Å². The van der Waals surface area contributed by atoms with Crippen molar-refractivity contribution in [3.63, 3.8) is 0 Å². The number of rotatable bonds is 4. The molecule has 134 valence electrons. The monoisotopic (exact) mass is 356 g/mol. The minimum atomic E-state index is -0.839. The number of benzene rings is 2. The zero-order chi connectivity index (χ0) is 18.7. The lowest BCUT2D eigenvalue weighted by atomic mass is 10.2. The lowest BCUT2D eigenvalue weighted by molar-refractivity contribution is 0.262. The van der Waals surface area contributed by atoms with Gasteiger partial charge in [-0.1, -0.05) is 30.3 Å². The summed E-state index contributed by atoms with van der Waals surface area (Å²) in [5, 5.41) is 9.50. The highest BCUT2D eigenvalue weighted by atomic mass is 19.1. The average molecular weight is 356 g/mol. The predicted molar refractivity (Wildman–Crippen MR) is 96.2 cm³/mol. The number of urea groups is 1. The van der Waals surface area contributed by atoms with E-state index in [9.17, 15) is 13.6 Å². The second-order valence-electron chi connectivity index (χ2n) is 5.89. The molecule has 0 aliphatic carbocycles. The van der Waals surface area contributed by atoms with E-state index >= 15 is 0 Å². The molecule has 0 bridgehead atoms. The summed E-state index contributed by atoms with van der Waals surface area (Å²) in [5.74, 6) is -1.55. The van der Waals surface area contributed by atoms with Gasteiger partial charge < -0.3 is 10.6 Å². The average Bonchev–Trinajstić information content (AvgIpc) is 2.86. The Kier molecular flexibility index (Phi) is 4.97. The molecule has 1 heterocycles. The van der Waals surface area contributed by atoms with Gasteiger partial charge in [-0.3, -0.25) is 4.68 Å². The fourth-order valence-corrected chi connectivity index (χ4v) is 2.65. The number of nitrogens with one attached hydrogen (secondary N) is 2. The third kappa shape index (κ3) is 3.88. The normalized spacial score (nSPS) is 10.6. The van der Waals surface area contributed by atoms with Crippen LogP contribution in [0.25, 0.3) is 0 Å². The van der Waals surface area contributed by atoms with Crippen molar-refractivity contribution in [1.29, 1.82) is 0 Å². The maximum absolute atomic E-state index is 13.7. The molecule has 7 heteroatoms. The van der Waals surface area contributed by atoms with Gasteiger partial charge in [0.1, 0.15) is 11.6 Å². The zero-order valence-electron chi connectivity index (χ0n) is 14.4. The molecule has 2 N–H and O–H groups in total. The standard InChI is InChI=1S/C19H18F2N4O/c1-12-18(13(2)25(24-12)11-14-6-4-3-5-7-14)23-19(26)22-17-9-8-15(20)10-16(17)21/h3-10H,11H2,1-2H3,(H2,22,23,26). The van der Waals surface area contributed by atoms with Crippen LogP contribution in [0.15, 0.2) is 48.5 Å². The van der Waals surface area contributed by atoms with Crippen molar-refractivity contribution in [2.75, 3.05) is 10.6 Å². The molecule has 2 aromatic carbocycles. The summed E-state index contributed by atoms with van der Waals surface area (Å²) in [4.78, 5) is 12.2. The quantitative estimate of drug-likeness (QED) is 0.725. The first kappa shape index (κ1) is 17.6. The van der Waals surface area contributed by atoms with Crippen molar-refractivity contribution in [3.05, 3.63) is 77.1 Å². The molecule has 0 aliphatic rings. The van der Waals surface area contributed by atoms with E-state index < -0.39 is 17.7 Å². The Morgan fingerprint density at radius 2 is 1.81 bits per heavy atom. The Morgan fingerprint density at radius 1 is 1.08 bits per heavy atom. The van der Waals surface area contributed by atoms with E-state index in [0.717, 1.165) is 17.3 Å². The van der Waals surface area contributed by atoms with E-state index in [2.05, 4.69) is 15.7 Å². The van der Waals surface area contributed by atoms with Gasteiger partial charge in [-0.25, -0.2) is 13.6 Å². The molecule has 1 aromatic heterocycles. The third-order valence-electron chi connectivity index (χ3n) is 3.97. The Bertz CT molecular complexity index is 938. The third-order valence-corrected chi connectivity index (χ3v) is 3.97. The number of hydrogen-bond acceptors (Lipinski definition) is 2. The summed E-state index contributed by atoms with van der Waals surface area (Å²) in [6, 6.07) is 12.2. The molecule has 0 aliphatic heterocycles. The highest BCUT2D eigenvalue weighted by Crippen LogP contribution is 2.21. The Hall–Kier alpha value is -3.22. The summed E-state index contributed by atoms with van der Waals surface area (Å²) < 4.78 is 28.4. The van der Waals surface area contributed by atoms with Crippen LogP contribution in [0.4, 0.5) is 25.0 Å². The number of carbonyl (C=O) groups excluding carboxylic acids is 1. The first-order valence-electron chi connectivity index (χ1n) is 8.05. The van der Waals surface area contributed by atoms with Gasteiger partial charge in [-0.2, -0.15) is 5.10 Å². The van der Waals surface area contributed by atoms with Gasteiger partial charge in [0, 0.05) is 6.07 Å². The summed E-state index contributed by atoms with van der Waals surface area (Å²) in [7, 11) is 0. The molecule has 3 rings (SSSR count). The number of amides is 2. The van der Waals surface area contributed by atoms with Crippen molar-refractivity contribution in [1.82, 2.24) is 9.78 Å². The van der Waals surface area contributed by atoms with Crippen molar-refractivity contribution < 1.29 is 13.6 Å². The summed E-state index contributed by atoms with van der Waals surface area (Å²) in [5.41, 5.74) is 2.97. The molecule has 3 aromatic rings. The van der Waals surface area contributed by atoms with Gasteiger partial charge in [0.2, 0.25) is 0 Å². The molecule has 0 fully saturated rings. The van der Waals surface area contributed by atoms with Crippen LogP contribution >= 0.6 is 0 Å². The van der Waals surface area contributed by atoms with E-state index in [1.807, 2.05) is 37.3 Å². The molecule has 0 atom stereocenters. The lowest BCUT2D eigenvalue weighted by Crippen LogP contribution is -2.21. The first-order valence-corrected chi connectivity index (χ1v) is 8.05. The lowest BCUT2D eigenvalue weighted by Gasteiger charge is -2.09. The highest BCUT2D eigenvalue weighted by Gasteiger charge is 2.15. The fraction of sp³-hybridized carbons (Fsp3) is 0.158. The Morgan fingerprint density at radius 3 is 2.50 bits per heavy atom. The second-order valence-corrected chi connectivity index (χ2v) is 5.89. The van der Waals surface area contributed by atoms with E-state index in [1.165, 1.54) is 6.07 Å². The minimum absolute atomic E-state index is 0.101. The number of nitrogens with zero attached hydrogens (tertiary/aromatic N) is 2. The van der Waals surface area contributed by atoms with Crippen molar-refractivity contribution in [2.24, 2.45) is 0 Å². The molecular formula is C19H18F2N4O. The van der Waals surface area contributed by atoms with Crippen LogP contribution in [-0.2, 0) is 6.54 Å². The number of anilines is 2. The fourth-order valence-electron chi connectivity index (χ4n) is 2.65. The van der Waals surface area contributed by atoms with Gasteiger partial charge in [-0.15, -0.1) is 0 Å². The van der Waals surface area contributed by atoms with Crippen molar-refractivity contribution in [3.8, 4) is 0 Å². The van der Waals surface area contributed by atoms with E-state index in [1.54, 1.807) is 11.6 Å². The zero-order valence-corrected chi connectivity index (χ0v) is 14.4. The number of carbonyl (C=O) groups is 1. The van der Waals surface area contributed by atoms with Gasteiger partial charge in [-0.05, 0) is 31.5 Å². The summed E-state index contributed by atoms with van der Waals surface area (Å²) in [6.45, 7) is 4.20. The summed E-state index contributed by atoms with van der Waals surface area (Å²) >= 11 is 0. The molecule has 2 amide bonds. The molecule has 5 nitrogen and oxygen atoms in total. The summed E-state index contributed by atoms with van der Waals surface area (Å²) in [6.07, 6.45) is 0. The highest BCUT2D eigenvalue weighted by molar-refractivity contribution is 6.00. The molecule has 0 radical (unpaired) electrons. The van der Waals surface area contributed by atoms with Gasteiger partial charge >= 0.3 is 6.03 Å².